The minimum Gasteiger partial charge on any atom is -0.487 e. The van der Waals surface area contributed by atoms with E-state index in [4.69, 9.17) is 9.84 Å². The molecule has 1 unspecified atom stereocenters. The van der Waals surface area contributed by atoms with E-state index in [0.29, 0.717) is 12.5 Å². The minimum atomic E-state index is -0.700. The van der Waals surface area contributed by atoms with E-state index in [2.05, 4.69) is 29.2 Å². The molecule has 28 heavy (non-hydrogen) atoms. The van der Waals surface area contributed by atoms with Gasteiger partial charge in [-0.2, -0.15) is 0 Å². The van der Waals surface area contributed by atoms with Gasteiger partial charge in [0.2, 0.25) is 0 Å². The lowest BCUT2D eigenvalue weighted by Gasteiger charge is -2.26. The fourth-order valence-corrected chi connectivity index (χ4v) is 4.11. The number of ether oxygens (including phenoxy) is 1. The zero-order valence-corrected chi connectivity index (χ0v) is 15.9. The van der Waals surface area contributed by atoms with E-state index in [1.54, 1.807) is 0 Å². The summed E-state index contributed by atoms with van der Waals surface area (Å²) in [7, 11) is 0. The van der Waals surface area contributed by atoms with Crippen molar-refractivity contribution in [1.29, 1.82) is 0 Å². The first-order valence-electron chi connectivity index (χ1n) is 9.99. The summed E-state index contributed by atoms with van der Waals surface area (Å²) in [6.07, 6.45) is 5.12. The monoisotopic (exact) mass is 375 g/mol. The summed E-state index contributed by atoms with van der Waals surface area (Å²) in [6, 6.07) is 18.5. The molecule has 1 aliphatic rings. The molecule has 0 fully saturated rings. The second kappa shape index (κ2) is 8.42. The van der Waals surface area contributed by atoms with Gasteiger partial charge in [-0.3, -0.25) is 4.79 Å². The molecule has 0 amide bonds. The number of nitrogens with zero attached hydrogens (tertiary/aromatic N) is 1. The van der Waals surface area contributed by atoms with E-state index in [9.17, 15) is 4.79 Å². The molecule has 2 aromatic carbocycles. The van der Waals surface area contributed by atoms with Gasteiger partial charge in [-0.15, -0.1) is 0 Å². The lowest BCUT2D eigenvalue weighted by Crippen LogP contribution is -2.16. The summed E-state index contributed by atoms with van der Waals surface area (Å²) >= 11 is 0. The van der Waals surface area contributed by atoms with Gasteiger partial charge in [0.1, 0.15) is 12.4 Å². The highest BCUT2D eigenvalue weighted by molar-refractivity contribution is 5.78. The number of hydrogen-bond acceptors (Lipinski definition) is 3. The van der Waals surface area contributed by atoms with Crippen LogP contribution in [0.25, 0.3) is 10.9 Å². The van der Waals surface area contributed by atoms with Gasteiger partial charge < -0.3 is 9.84 Å². The van der Waals surface area contributed by atoms with Crippen molar-refractivity contribution in [3.05, 3.63) is 71.4 Å². The molecule has 0 saturated carbocycles. The molecule has 0 spiro atoms. The first-order chi connectivity index (χ1) is 13.7. The summed E-state index contributed by atoms with van der Waals surface area (Å²) in [5, 5.41) is 9.96. The van der Waals surface area contributed by atoms with Crippen molar-refractivity contribution in [2.75, 3.05) is 0 Å². The standard InChI is InChI=1S/C24H25NO3/c26-24(27)10-3-5-17-11-14-21-19(15-17)7-4-9-23(21)28-16-20-13-12-18-6-1-2-8-22(18)25-20/h1-2,4,6-9,12-13,17H,3,5,10-11,14-16H2,(H,26,27). The predicted octanol–water partition coefficient (Wildman–Crippen LogP) is 5.17. The van der Waals surface area contributed by atoms with Crippen LogP contribution in [-0.4, -0.2) is 16.1 Å². The summed E-state index contributed by atoms with van der Waals surface area (Å²) in [5.74, 6) is 0.829. The first-order valence-corrected chi connectivity index (χ1v) is 9.99. The Kier molecular flexibility index (Phi) is 5.56. The quantitative estimate of drug-likeness (QED) is 0.619. The van der Waals surface area contributed by atoms with Crippen LogP contribution in [0.2, 0.25) is 0 Å². The molecule has 1 aromatic heterocycles. The van der Waals surface area contributed by atoms with Crippen molar-refractivity contribution in [3.63, 3.8) is 0 Å². The van der Waals surface area contributed by atoms with Crippen LogP contribution in [0.5, 0.6) is 5.75 Å². The Hall–Kier alpha value is -2.88. The highest BCUT2D eigenvalue weighted by atomic mass is 16.5. The van der Waals surface area contributed by atoms with Gasteiger partial charge in [0.25, 0.3) is 0 Å². The van der Waals surface area contributed by atoms with E-state index < -0.39 is 5.97 Å². The summed E-state index contributed by atoms with van der Waals surface area (Å²) in [4.78, 5) is 15.4. The number of para-hydroxylation sites is 1. The Bertz CT molecular complexity index is 983. The van der Waals surface area contributed by atoms with Crippen molar-refractivity contribution >= 4 is 16.9 Å². The zero-order valence-electron chi connectivity index (χ0n) is 15.9. The number of carbonyl (C=O) groups is 1. The maximum atomic E-state index is 10.7. The van der Waals surface area contributed by atoms with Crippen LogP contribution < -0.4 is 4.74 Å². The fraction of sp³-hybridized carbons (Fsp3) is 0.333. The number of pyridine rings is 1. The van der Waals surface area contributed by atoms with Gasteiger partial charge in [-0.25, -0.2) is 4.98 Å². The molecular formula is C24H25NO3. The Morgan fingerprint density at radius 1 is 1.11 bits per heavy atom. The third kappa shape index (κ3) is 4.33. The molecule has 0 aliphatic heterocycles. The van der Waals surface area contributed by atoms with E-state index in [-0.39, 0.29) is 6.42 Å². The van der Waals surface area contributed by atoms with Crippen LogP contribution in [0.4, 0.5) is 0 Å². The highest BCUT2D eigenvalue weighted by Gasteiger charge is 2.21. The smallest absolute Gasteiger partial charge is 0.303 e. The third-order valence-corrected chi connectivity index (χ3v) is 5.58. The number of benzene rings is 2. The Morgan fingerprint density at radius 3 is 2.89 bits per heavy atom. The number of rotatable bonds is 7. The molecule has 0 saturated heterocycles. The van der Waals surface area contributed by atoms with Gasteiger partial charge in [-0.1, -0.05) is 36.4 Å². The van der Waals surface area contributed by atoms with Gasteiger partial charge in [0, 0.05) is 11.8 Å². The molecule has 1 N–H and O–H groups in total. The van der Waals surface area contributed by atoms with Crippen molar-refractivity contribution in [1.82, 2.24) is 4.98 Å². The number of hydrogen-bond donors (Lipinski definition) is 1. The van der Waals surface area contributed by atoms with Crippen LogP contribution in [0, 0.1) is 5.92 Å². The lowest BCUT2D eigenvalue weighted by molar-refractivity contribution is -0.137. The maximum Gasteiger partial charge on any atom is 0.303 e. The van der Waals surface area contributed by atoms with Crippen molar-refractivity contribution in [2.45, 2.75) is 45.1 Å². The first kappa shape index (κ1) is 18.5. The largest absolute Gasteiger partial charge is 0.487 e. The zero-order chi connectivity index (χ0) is 19.3. The third-order valence-electron chi connectivity index (χ3n) is 5.58. The summed E-state index contributed by atoms with van der Waals surface area (Å²) < 4.78 is 6.15. The van der Waals surface area contributed by atoms with Crippen LogP contribution in [0.15, 0.2) is 54.6 Å². The van der Waals surface area contributed by atoms with Gasteiger partial charge >= 0.3 is 5.97 Å². The Labute approximate surface area is 165 Å². The van der Waals surface area contributed by atoms with E-state index >= 15 is 0 Å². The molecule has 0 bridgehead atoms. The van der Waals surface area contributed by atoms with Crippen LogP contribution in [0.1, 0.15) is 42.5 Å². The van der Waals surface area contributed by atoms with Crippen LogP contribution >= 0.6 is 0 Å². The summed E-state index contributed by atoms with van der Waals surface area (Å²) in [6.45, 7) is 0.462. The molecular weight excluding hydrogens is 350 g/mol. The minimum absolute atomic E-state index is 0.269. The average Bonchev–Trinajstić information content (AvgIpc) is 2.71. The van der Waals surface area contributed by atoms with Gasteiger partial charge in [0.05, 0.1) is 11.2 Å². The SMILES string of the molecule is O=C(O)CCCC1CCc2c(cccc2OCc2ccc3ccccc3n2)C1. The van der Waals surface area contributed by atoms with E-state index in [1.165, 1.54) is 11.1 Å². The molecule has 1 heterocycles. The Balaban J connectivity index is 1.41. The number of carboxylic acid groups (broad SMARTS) is 1. The number of aromatic nitrogens is 1. The highest BCUT2D eigenvalue weighted by Crippen LogP contribution is 2.34. The van der Waals surface area contributed by atoms with Crippen molar-refractivity contribution in [2.24, 2.45) is 5.92 Å². The molecule has 144 valence electrons. The lowest BCUT2D eigenvalue weighted by atomic mass is 9.81. The van der Waals surface area contributed by atoms with Crippen LogP contribution in [-0.2, 0) is 24.2 Å². The van der Waals surface area contributed by atoms with E-state index in [1.807, 2.05) is 30.3 Å². The van der Waals surface area contributed by atoms with Crippen molar-refractivity contribution < 1.29 is 14.6 Å². The molecule has 1 atom stereocenters. The number of carboxylic acids is 1. The predicted molar refractivity (Wildman–Crippen MR) is 110 cm³/mol. The van der Waals surface area contributed by atoms with Gasteiger partial charge in [-0.05, 0) is 67.3 Å². The normalized spacial score (nSPS) is 15.9. The second-order valence-corrected chi connectivity index (χ2v) is 7.57. The number of aliphatic carboxylic acids is 1. The Morgan fingerprint density at radius 2 is 2.00 bits per heavy atom. The molecule has 3 aromatic rings. The topological polar surface area (TPSA) is 59.4 Å². The molecule has 4 heteroatoms. The average molecular weight is 375 g/mol. The van der Waals surface area contributed by atoms with Crippen LogP contribution in [0.3, 0.4) is 0 Å². The summed E-state index contributed by atoms with van der Waals surface area (Å²) in [5.41, 5.74) is 4.56. The molecule has 0 radical (unpaired) electrons. The fourth-order valence-electron chi connectivity index (χ4n) is 4.11. The van der Waals surface area contributed by atoms with Crippen molar-refractivity contribution in [3.8, 4) is 5.75 Å². The molecule has 4 nitrogen and oxygen atoms in total. The maximum absolute atomic E-state index is 10.7. The molecule has 4 rings (SSSR count). The molecule has 1 aliphatic carbocycles. The second-order valence-electron chi connectivity index (χ2n) is 7.57. The number of fused-ring (bicyclic) bond motifs is 2. The van der Waals surface area contributed by atoms with E-state index in [0.717, 1.165) is 54.5 Å². The van der Waals surface area contributed by atoms with Gasteiger partial charge in [0.15, 0.2) is 0 Å².